The highest BCUT2D eigenvalue weighted by atomic mass is 127. The lowest BCUT2D eigenvalue weighted by Crippen LogP contribution is -2.56. The lowest BCUT2D eigenvalue weighted by molar-refractivity contribution is -0.151. The van der Waals surface area contributed by atoms with Gasteiger partial charge in [-0.2, -0.15) is 5.10 Å². The Bertz CT molecular complexity index is 406. The molecule has 102 valence electrons. The van der Waals surface area contributed by atoms with Crippen LogP contribution in [0.1, 0.15) is 27.7 Å². The molecule has 1 atom stereocenters. The minimum atomic E-state index is -0.765. The van der Waals surface area contributed by atoms with E-state index in [0.29, 0.717) is 13.2 Å². The number of carbonyl (C=O) groups excluding carboxylic acids is 1. The monoisotopic (exact) mass is 365 g/mol. The Morgan fingerprint density at radius 2 is 2.33 bits per heavy atom. The Kier molecular flexibility index (Phi) is 5.58. The average molecular weight is 365 g/mol. The third-order valence-corrected chi connectivity index (χ3v) is 2.97. The standard InChI is InChI=1S/C12H20IN3O2/c1-5-18-11(17)12(4,15-9(2)3)8-16-7-10(13)6-14-16/h6-7,9,15H,5,8H2,1-4H3. The molecular formula is C12H20IN3O2. The molecule has 0 aliphatic heterocycles. The predicted molar refractivity (Wildman–Crippen MR) is 78.3 cm³/mol. The number of carbonyl (C=O) groups is 1. The van der Waals surface area contributed by atoms with E-state index in [0.717, 1.165) is 3.57 Å². The Balaban J connectivity index is 2.86. The number of halogens is 1. The van der Waals surface area contributed by atoms with E-state index in [1.165, 1.54) is 0 Å². The van der Waals surface area contributed by atoms with Gasteiger partial charge in [0.1, 0.15) is 5.54 Å². The molecule has 0 radical (unpaired) electrons. The van der Waals surface area contributed by atoms with E-state index in [1.54, 1.807) is 10.9 Å². The second-order valence-electron chi connectivity index (χ2n) is 4.71. The van der Waals surface area contributed by atoms with Crippen LogP contribution in [0.3, 0.4) is 0 Å². The summed E-state index contributed by atoms with van der Waals surface area (Å²) in [7, 11) is 0. The normalized spacial score (nSPS) is 14.6. The van der Waals surface area contributed by atoms with Gasteiger partial charge >= 0.3 is 5.97 Å². The molecule has 5 nitrogen and oxygen atoms in total. The zero-order chi connectivity index (χ0) is 13.8. The number of aromatic nitrogens is 2. The molecule has 0 amide bonds. The quantitative estimate of drug-likeness (QED) is 0.617. The van der Waals surface area contributed by atoms with Gasteiger partial charge in [-0.25, -0.2) is 4.79 Å². The molecule has 1 rings (SSSR count). The van der Waals surface area contributed by atoms with Gasteiger partial charge in [0, 0.05) is 12.2 Å². The smallest absolute Gasteiger partial charge is 0.327 e. The summed E-state index contributed by atoms with van der Waals surface area (Å²) < 4.78 is 7.95. The Hall–Kier alpha value is -0.630. The minimum absolute atomic E-state index is 0.189. The number of ether oxygens (including phenoxy) is 1. The van der Waals surface area contributed by atoms with Gasteiger partial charge in [-0.15, -0.1) is 0 Å². The van der Waals surface area contributed by atoms with Crippen molar-refractivity contribution in [2.75, 3.05) is 6.61 Å². The van der Waals surface area contributed by atoms with Gasteiger partial charge in [0.25, 0.3) is 0 Å². The summed E-state index contributed by atoms with van der Waals surface area (Å²) >= 11 is 2.19. The third-order valence-electron chi connectivity index (χ3n) is 2.41. The first-order chi connectivity index (χ1) is 8.37. The number of nitrogens with zero attached hydrogens (tertiary/aromatic N) is 2. The van der Waals surface area contributed by atoms with Crippen LogP contribution in [0, 0.1) is 3.57 Å². The van der Waals surface area contributed by atoms with Crippen molar-refractivity contribution in [2.45, 2.75) is 45.8 Å². The summed E-state index contributed by atoms with van der Waals surface area (Å²) in [5.41, 5.74) is -0.765. The molecule has 1 aromatic rings. The molecule has 0 spiro atoms. The molecule has 1 heterocycles. The van der Waals surface area contributed by atoms with E-state index in [9.17, 15) is 4.79 Å². The third kappa shape index (κ3) is 4.24. The van der Waals surface area contributed by atoms with Crippen LogP contribution in [0.5, 0.6) is 0 Å². The van der Waals surface area contributed by atoms with Crippen molar-refractivity contribution >= 4 is 28.6 Å². The molecule has 18 heavy (non-hydrogen) atoms. The molecule has 0 aliphatic carbocycles. The number of hydrogen-bond donors (Lipinski definition) is 1. The van der Waals surface area contributed by atoms with Gasteiger partial charge in [-0.05, 0) is 50.3 Å². The molecule has 6 heteroatoms. The summed E-state index contributed by atoms with van der Waals surface area (Å²) in [6, 6.07) is 0.189. The second kappa shape index (κ2) is 6.51. The van der Waals surface area contributed by atoms with Crippen LogP contribution in [0.4, 0.5) is 0 Å². The molecule has 0 aliphatic rings. The first-order valence-corrected chi connectivity index (χ1v) is 7.08. The molecular weight excluding hydrogens is 345 g/mol. The molecule has 0 aromatic carbocycles. The van der Waals surface area contributed by atoms with Gasteiger partial charge in [0.05, 0.1) is 22.9 Å². The summed E-state index contributed by atoms with van der Waals surface area (Å²) in [5.74, 6) is -0.246. The van der Waals surface area contributed by atoms with E-state index < -0.39 is 5.54 Å². The Morgan fingerprint density at radius 1 is 1.67 bits per heavy atom. The molecule has 1 N–H and O–H groups in total. The first-order valence-electron chi connectivity index (χ1n) is 6.00. The van der Waals surface area contributed by atoms with E-state index in [-0.39, 0.29) is 12.0 Å². The van der Waals surface area contributed by atoms with E-state index in [1.807, 2.05) is 33.9 Å². The lowest BCUT2D eigenvalue weighted by Gasteiger charge is -2.30. The van der Waals surface area contributed by atoms with Gasteiger partial charge < -0.3 is 4.74 Å². The maximum absolute atomic E-state index is 12.1. The van der Waals surface area contributed by atoms with Crippen LogP contribution >= 0.6 is 22.6 Å². The molecule has 1 aromatic heterocycles. The van der Waals surface area contributed by atoms with Gasteiger partial charge in [-0.3, -0.25) is 10.00 Å². The summed E-state index contributed by atoms with van der Waals surface area (Å²) in [6.07, 6.45) is 3.67. The number of hydrogen-bond acceptors (Lipinski definition) is 4. The molecule has 0 bridgehead atoms. The maximum atomic E-state index is 12.1. The maximum Gasteiger partial charge on any atom is 0.327 e. The van der Waals surface area contributed by atoms with Crippen LogP contribution < -0.4 is 5.32 Å². The van der Waals surface area contributed by atoms with Crippen molar-refractivity contribution in [1.82, 2.24) is 15.1 Å². The molecule has 1 unspecified atom stereocenters. The van der Waals surface area contributed by atoms with Crippen LogP contribution in [-0.2, 0) is 16.1 Å². The Labute approximate surface area is 121 Å². The SMILES string of the molecule is CCOC(=O)C(C)(Cn1cc(I)cn1)NC(C)C. The topological polar surface area (TPSA) is 56.2 Å². The summed E-state index contributed by atoms with van der Waals surface area (Å²) in [4.78, 5) is 12.1. The summed E-state index contributed by atoms with van der Waals surface area (Å²) in [6.45, 7) is 8.50. The van der Waals surface area contributed by atoms with Crippen LogP contribution in [0.15, 0.2) is 12.4 Å². The highest BCUT2D eigenvalue weighted by Crippen LogP contribution is 2.13. The highest BCUT2D eigenvalue weighted by Gasteiger charge is 2.36. The Morgan fingerprint density at radius 3 is 2.78 bits per heavy atom. The predicted octanol–water partition coefficient (Wildman–Crippen LogP) is 1.81. The fraction of sp³-hybridized carbons (Fsp3) is 0.667. The minimum Gasteiger partial charge on any atom is -0.465 e. The number of rotatable bonds is 6. The highest BCUT2D eigenvalue weighted by molar-refractivity contribution is 14.1. The van der Waals surface area contributed by atoms with Gasteiger partial charge in [-0.1, -0.05) is 0 Å². The van der Waals surface area contributed by atoms with Crippen molar-refractivity contribution in [3.63, 3.8) is 0 Å². The van der Waals surface area contributed by atoms with E-state index >= 15 is 0 Å². The molecule has 0 saturated heterocycles. The van der Waals surface area contributed by atoms with Crippen LogP contribution in [0.25, 0.3) is 0 Å². The molecule has 0 saturated carbocycles. The first kappa shape index (κ1) is 15.4. The number of nitrogens with one attached hydrogen (secondary N) is 1. The zero-order valence-electron chi connectivity index (χ0n) is 11.2. The second-order valence-corrected chi connectivity index (χ2v) is 5.95. The van der Waals surface area contributed by atoms with Crippen LogP contribution in [0.2, 0.25) is 0 Å². The number of esters is 1. The zero-order valence-corrected chi connectivity index (χ0v) is 13.4. The van der Waals surface area contributed by atoms with E-state index in [4.69, 9.17) is 4.74 Å². The van der Waals surface area contributed by atoms with Crippen molar-refractivity contribution in [3.8, 4) is 0 Å². The van der Waals surface area contributed by atoms with E-state index in [2.05, 4.69) is 33.0 Å². The fourth-order valence-electron chi connectivity index (χ4n) is 1.85. The molecule has 0 fully saturated rings. The fourth-order valence-corrected chi connectivity index (χ4v) is 2.29. The average Bonchev–Trinajstić information content (AvgIpc) is 2.62. The van der Waals surface area contributed by atoms with Gasteiger partial charge in [0.15, 0.2) is 0 Å². The lowest BCUT2D eigenvalue weighted by atomic mass is 10.0. The van der Waals surface area contributed by atoms with Crippen molar-refractivity contribution in [3.05, 3.63) is 16.0 Å². The summed E-state index contributed by atoms with van der Waals surface area (Å²) in [5, 5.41) is 7.47. The van der Waals surface area contributed by atoms with Gasteiger partial charge in [0.2, 0.25) is 0 Å². The van der Waals surface area contributed by atoms with Crippen molar-refractivity contribution in [2.24, 2.45) is 0 Å². The van der Waals surface area contributed by atoms with Crippen molar-refractivity contribution < 1.29 is 9.53 Å². The van der Waals surface area contributed by atoms with Crippen LogP contribution in [-0.4, -0.2) is 33.9 Å². The van der Waals surface area contributed by atoms with Crippen molar-refractivity contribution in [1.29, 1.82) is 0 Å². The largest absolute Gasteiger partial charge is 0.465 e.